The Labute approximate surface area is 114 Å². The molecule has 106 valence electrons. The molecule has 0 N–H and O–H groups in total. The van der Waals surface area contributed by atoms with E-state index in [1.54, 1.807) is 0 Å². The zero-order valence-corrected chi connectivity index (χ0v) is 10.4. The Balaban J connectivity index is 2.77. The van der Waals surface area contributed by atoms with E-state index in [0.717, 1.165) is 0 Å². The summed E-state index contributed by atoms with van der Waals surface area (Å²) < 4.78 is 64.6. The number of ether oxygens (including phenoxy) is 1. The monoisotopic (exact) mass is 322 g/mol. The van der Waals surface area contributed by atoms with Gasteiger partial charge in [-0.2, -0.15) is 22.0 Å². The highest BCUT2D eigenvalue weighted by atomic mass is 35.5. The topological polar surface area (TPSA) is 26.3 Å². The van der Waals surface area contributed by atoms with Crippen molar-refractivity contribution in [2.45, 2.75) is 18.7 Å². The third kappa shape index (κ3) is 3.70. The number of esters is 1. The summed E-state index contributed by atoms with van der Waals surface area (Å²) >= 11 is 11.2. The summed E-state index contributed by atoms with van der Waals surface area (Å²) in [4.78, 5) is 10.7. The van der Waals surface area contributed by atoms with Crippen molar-refractivity contribution in [1.82, 2.24) is 0 Å². The second-order valence-corrected chi connectivity index (χ2v) is 4.23. The van der Waals surface area contributed by atoms with Crippen LogP contribution in [0.4, 0.5) is 22.0 Å². The summed E-state index contributed by atoms with van der Waals surface area (Å²) in [6.07, 6.45) is -6.01. The molecule has 0 saturated heterocycles. The van der Waals surface area contributed by atoms with Crippen LogP contribution in [0.25, 0.3) is 0 Å². The van der Waals surface area contributed by atoms with E-state index in [-0.39, 0.29) is 15.6 Å². The van der Waals surface area contributed by atoms with Crippen molar-refractivity contribution in [3.63, 3.8) is 0 Å². The minimum Gasteiger partial charge on any atom is -0.456 e. The molecule has 0 heterocycles. The highest BCUT2D eigenvalue weighted by Crippen LogP contribution is 2.36. The maximum absolute atomic E-state index is 12.5. The van der Waals surface area contributed by atoms with Crippen LogP contribution >= 0.6 is 23.2 Å². The Hall–Kier alpha value is -1.08. The number of alkyl halides is 5. The number of hydrogen-bond donors (Lipinski definition) is 0. The van der Waals surface area contributed by atoms with Gasteiger partial charge in [0.05, 0.1) is 0 Å². The van der Waals surface area contributed by atoms with Crippen LogP contribution in [-0.2, 0) is 16.1 Å². The molecule has 0 atom stereocenters. The van der Waals surface area contributed by atoms with Crippen molar-refractivity contribution >= 4 is 29.2 Å². The summed E-state index contributed by atoms with van der Waals surface area (Å²) in [5.74, 6) is -8.27. The Kier molecular flexibility index (Phi) is 4.63. The predicted molar refractivity (Wildman–Crippen MR) is 57.3 cm³/mol. The molecule has 1 rings (SSSR count). The van der Waals surface area contributed by atoms with Crippen LogP contribution in [0.2, 0.25) is 10.0 Å². The number of rotatable bonds is 3. The lowest BCUT2D eigenvalue weighted by Gasteiger charge is -2.18. The molecule has 0 bridgehead atoms. The van der Waals surface area contributed by atoms with E-state index in [0.29, 0.717) is 0 Å². The Morgan fingerprint density at radius 1 is 1.16 bits per heavy atom. The van der Waals surface area contributed by atoms with Gasteiger partial charge in [0.2, 0.25) is 0 Å². The molecule has 1 aromatic carbocycles. The molecule has 0 amide bonds. The van der Waals surface area contributed by atoms with Gasteiger partial charge in [0.25, 0.3) is 0 Å². The largest absolute Gasteiger partial charge is 0.465 e. The van der Waals surface area contributed by atoms with Crippen LogP contribution in [0.15, 0.2) is 18.2 Å². The van der Waals surface area contributed by atoms with E-state index in [9.17, 15) is 26.7 Å². The van der Waals surface area contributed by atoms with Gasteiger partial charge in [0, 0.05) is 15.6 Å². The molecule has 0 aliphatic carbocycles. The summed E-state index contributed by atoms with van der Waals surface area (Å²) in [6.45, 7) is -0.843. The molecule has 0 aliphatic heterocycles. The first-order chi connectivity index (χ1) is 8.55. The molecule has 0 aromatic heterocycles. The molecule has 2 nitrogen and oxygen atoms in total. The lowest BCUT2D eigenvalue weighted by molar-refractivity contribution is -0.281. The first kappa shape index (κ1) is 16.0. The Morgan fingerprint density at radius 3 is 2.26 bits per heavy atom. The number of benzene rings is 1. The van der Waals surface area contributed by atoms with Gasteiger partial charge in [-0.3, -0.25) is 0 Å². The van der Waals surface area contributed by atoms with Crippen molar-refractivity contribution in [1.29, 1.82) is 0 Å². The lowest BCUT2D eigenvalue weighted by Crippen LogP contribution is -2.45. The molecule has 0 radical (unpaired) electrons. The van der Waals surface area contributed by atoms with Crippen molar-refractivity contribution in [2.24, 2.45) is 0 Å². The fourth-order valence-corrected chi connectivity index (χ4v) is 1.37. The second kappa shape index (κ2) is 5.50. The van der Waals surface area contributed by atoms with Gasteiger partial charge in [-0.1, -0.05) is 23.2 Å². The van der Waals surface area contributed by atoms with Gasteiger partial charge in [-0.05, 0) is 18.2 Å². The van der Waals surface area contributed by atoms with Crippen molar-refractivity contribution in [3.05, 3.63) is 33.8 Å². The Bertz CT molecular complexity index is 487. The molecule has 0 aliphatic rings. The maximum atomic E-state index is 12.5. The van der Waals surface area contributed by atoms with Crippen LogP contribution in [0.3, 0.4) is 0 Å². The van der Waals surface area contributed by atoms with E-state index in [2.05, 4.69) is 4.74 Å². The molecule has 0 spiro atoms. The maximum Gasteiger partial charge on any atom is 0.465 e. The van der Waals surface area contributed by atoms with Crippen LogP contribution in [0.1, 0.15) is 5.56 Å². The minimum absolute atomic E-state index is 0.0143. The van der Waals surface area contributed by atoms with Crippen molar-refractivity contribution in [3.8, 4) is 0 Å². The van der Waals surface area contributed by atoms with Crippen LogP contribution in [0, 0.1) is 0 Å². The first-order valence-electron chi connectivity index (χ1n) is 4.61. The minimum atomic E-state index is -6.01. The smallest absolute Gasteiger partial charge is 0.456 e. The highest BCUT2D eigenvalue weighted by Gasteiger charge is 2.64. The van der Waals surface area contributed by atoms with Crippen LogP contribution < -0.4 is 0 Å². The van der Waals surface area contributed by atoms with Gasteiger partial charge >= 0.3 is 18.1 Å². The van der Waals surface area contributed by atoms with Gasteiger partial charge in [-0.15, -0.1) is 0 Å². The zero-order valence-electron chi connectivity index (χ0n) is 8.90. The number of hydrogen-bond acceptors (Lipinski definition) is 2. The highest BCUT2D eigenvalue weighted by molar-refractivity contribution is 6.33. The number of carbonyl (C=O) groups is 1. The standard InChI is InChI=1S/C10H5Cl2F5O2/c11-6-1-2-7(12)5(3-6)4-19-8(18)9(13,14)10(15,16)17/h1-3H,4H2. The summed E-state index contributed by atoms with van der Waals surface area (Å²) in [7, 11) is 0. The van der Waals surface area contributed by atoms with Gasteiger partial charge in [-0.25, -0.2) is 4.79 Å². The van der Waals surface area contributed by atoms with E-state index in [1.807, 2.05) is 0 Å². The predicted octanol–water partition coefficient (Wildman–Crippen LogP) is 4.23. The van der Waals surface area contributed by atoms with Crippen molar-refractivity contribution < 1.29 is 31.5 Å². The van der Waals surface area contributed by atoms with Crippen molar-refractivity contribution in [2.75, 3.05) is 0 Å². The third-order valence-corrected chi connectivity index (χ3v) is 2.58. The molecule has 0 saturated carbocycles. The molecule has 9 heteroatoms. The van der Waals surface area contributed by atoms with E-state index in [1.165, 1.54) is 18.2 Å². The molecule has 19 heavy (non-hydrogen) atoms. The van der Waals surface area contributed by atoms with Gasteiger partial charge < -0.3 is 4.74 Å². The zero-order chi connectivity index (χ0) is 14.8. The molecule has 0 unspecified atom stereocenters. The molecular weight excluding hydrogens is 318 g/mol. The normalized spacial score (nSPS) is 12.4. The third-order valence-electron chi connectivity index (χ3n) is 1.98. The quantitative estimate of drug-likeness (QED) is 0.614. The molecule has 0 fully saturated rings. The van der Waals surface area contributed by atoms with Gasteiger partial charge in [0.15, 0.2) is 0 Å². The van der Waals surface area contributed by atoms with E-state index >= 15 is 0 Å². The van der Waals surface area contributed by atoms with E-state index in [4.69, 9.17) is 23.2 Å². The van der Waals surface area contributed by atoms with Crippen LogP contribution in [-0.4, -0.2) is 18.1 Å². The summed E-state index contributed by atoms with van der Waals surface area (Å²) in [5.41, 5.74) is 0.0143. The molecular formula is C10H5Cl2F5O2. The fraction of sp³-hybridized carbons (Fsp3) is 0.300. The number of carbonyl (C=O) groups excluding carboxylic acids is 1. The summed E-state index contributed by atoms with van der Waals surface area (Å²) in [6, 6.07) is 3.84. The first-order valence-corrected chi connectivity index (χ1v) is 5.37. The van der Waals surface area contributed by atoms with Gasteiger partial charge in [0.1, 0.15) is 6.61 Å². The van der Waals surface area contributed by atoms with E-state index < -0.39 is 24.7 Å². The van der Waals surface area contributed by atoms with Crippen LogP contribution in [0.5, 0.6) is 0 Å². The SMILES string of the molecule is O=C(OCc1cc(Cl)ccc1Cl)C(F)(F)C(F)(F)F. The summed E-state index contributed by atoms with van der Waals surface area (Å²) in [5, 5.41) is 0.186. The molecule has 1 aromatic rings. The second-order valence-electron chi connectivity index (χ2n) is 3.38. The number of halogens is 7. The average molecular weight is 323 g/mol. The fourth-order valence-electron chi connectivity index (χ4n) is 1.00. The Morgan fingerprint density at radius 2 is 1.74 bits per heavy atom. The average Bonchev–Trinajstić information content (AvgIpc) is 2.28. The lowest BCUT2D eigenvalue weighted by atomic mass is 10.2.